The van der Waals surface area contributed by atoms with E-state index in [0.29, 0.717) is 18.5 Å². The lowest BCUT2D eigenvalue weighted by Gasteiger charge is -2.20. The van der Waals surface area contributed by atoms with E-state index in [4.69, 9.17) is 5.11 Å². The summed E-state index contributed by atoms with van der Waals surface area (Å²) in [5, 5.41) is 11.9. The molecule has 2 rings (SSSR count). The lowest BCUT2D eigenvalue weighted by Crippen LogP contribution is -2.29. The Balaban J connectivity index is 1.99. The summed E-state index contributed by atoms with van der Waals surface area (Å²) in [6, 6.07) is 5.83. The normalized spacial score (nSPS) is 13.7. The van der Waals surface area contributed by atoms with E-state index in [0.717, 1.165) is 19.5 Å². The van der Waals surface area contributed by atoms with E-state index in [1.165, 1.54) is 11.1 Å². The zero-order chi connectivity index (χ0) is 14.5. The van der Waals surface area contributed by atoms with Crippen molar-refractivity contribution in [3.8, 4) is 0 Å². The van der Waals surface area contributed by atoms with Crippen molar-refractivity contribution in [2.24, 2.45) is 0 Å². The van der Waals surface area contributed by atoms with Gasteiger partial charge in [0.2, 0.25) is 0 Å². The zero-order valence-corrected chi connectivity index (χ0v) is 11.7. The van der Waals surface area contributed by atoms with Gasteiger partial charge in [0.15, 0.2) is 0 Å². The van der Waals surface area contributed by atoms with E-state index in [2.05, 4.69) is 5.32 Å². The van der Waals surface area contributed by atoms with Crippen molar-refractivity contribution in [3.05, 3.63) is 34.9 Å². The number of fused-ring (bicyclic) bond motifs is 1. The number of rotatable bonds is 5. The second-order valence-corrected chi connectivity index (χ2v) is 5.13. The molecule has 1 aliphatic heterocycles. The first-order valence-electron chi connectivity index (χ1n) is 6.87. The molecule has 5 heteroatoms. The van der Waals surface area contributed by atoms with Gasteiger partial charge in [-0.3, -0.25) is 9.59 Å². The van der Waals surface area contributed by atoms with Crippen molar-refractivity contribution < 1.29 is 14.7 Å². The summed E-state index contributed by atoms with van der Waals surface area (Å²) < 4.78 is 0. The molecule has 20 heavy (non-hydrogen) atoms. The average molecular weight is 276 g/mol. The largest absolute Gasteiger partial charge is 0.481 e. The monoisotopic (exact) mass is 276 g/mol. The van der Waals surface area contributed by atoms with Gasteiger partial charge in [-0.25, -0.2) is 0 Å². The van der Waals surface area contributed by atoms with Crippen LogP contribution in [0, 0.1) is 0 Å². The number of aliphatic carboxylic acids is 1. The number of nitrogens with one attached hydrogen (secondary N) is 1. The second kappa shape index (κ2) is 6.52. The van der Waals surface area contributed by atoms with Gasteiger partial charge < -0.3 is 15.3 Å². The molecule has 0 fully saturated rings. The van der Waals surface area contributed by atoms with Gasteiger partial charge in [-0.1, -0.05) is 6.07 Å². The number of hydrogen-bond donors (Lipinski definition) is 2. The third kappa shape index (κ3) is 3.57. The topological polar surface area (TPSA) is 69.6 Å². The number of nitrogens with zero attached hydrogens (tertiary/aromatic N) is 1. The predicted molar refractivity (Wildman–Crippen MR) is 75.7 cm³/mol. The minimum Gasteiger partial charge on any atom is -0.481 e. The first-order chi connectivity index (χ1) is 9.58. The van der Waals surface area contributed by atoms with Crippen LogP contribution in [0.5, 0.6) is 0 Å². The van der Waals surface area contributed by atoms with Crippen molar-refractivity contribution in [2.45, 2.75) is 25.8 Å². The van der Waals surface area contributed by atoms with E-state index < -0.39 is 5.97 Å². The van der Waals surface area contributed by atoms with Gasteiger partial charge in [0.05, 0.1) is 0 Å². The van der Waals surface area contributed by atoms with Crippen LogP contribution in [-0.4, -0.2) is 42.0 Å². The summed E-state index contributed by atoms with van der Waals surface area (Å²) in [6.07, 6.45) is 1.56. The molecule has 1 aromatic rings. The fourth-order valence-corrected chi connectivity index (χ4v) is 2.40. The van der Waals surface area contributed by atoms with E-state index >= 15 is 0 Å². The number of carboxylic acids is 1. The van der Waals surface area contributed by atoms with Gasteiger partial charge in [0.1, 0.15) is 0 Å². The van der Waals surface area contributed by atoms with Crippen LogP contribution in [-0.2, 0) is 17.8 Å². The molecule has 0 aliphatic carbocycles. The Labute approximate surface area is 118 Å². The minimum absolute atomic E-state index is 0.0521. The van der Waals surface area contributed by atoms with Gasteiger partial charge in [-0.15, -0.1) is 0 Å². The van der Waals surface area contributed by atoms with E-state index in [9.17, 15) is 9.59 Å². The zero-order valence-electron chi connectivity index (χ0n) is 11.7. The summed E-state index contributed by atoms with van der Waals surface area (Å²) >= 11 is 0. The molecule has 0 unspecified atom stereocenters. The molecular weight excluding hydrogens is 256 g/mol. The highest BCUT2D eigenvalue weighted by molar-refractivity contribution is 5.94. The number of hydrogen-bond acceptors (Lipinski definition) is 3. The van der Waals surface area contributed by atoms with Crippen molar-refractivity contribution >= 4 is 11.9 Å². The Morgan fingerprint density at radius 3 is 2.90 bits per heavy atom. The van der Waals surface area contributed by atoms with E-state index in [1.54, 1.807) is 11.9 Å². The molecule has 1 amide bonds. The number of amides is 1. The average Bonchev–Trinajstić information content (AvgIpc) is 2.45. The number of benzene rings is 1. The Morgan fingerprint density at radius 2 is 2.15 bits per heavy atom. The van der Waals surface area contributed by atoms with Gasteiger partial charge in [-0.2, -0.15) is 0 Å². The molecule has 0 saturated carbocycles. The Bertz CT molecular complexity index is 514. The molecular formula is C15H20N2O3. The molecule has 0 radical (unpaired) electrons. The smallest absolute Gasteiger partial charge is 0.303 e. The second-order valence-electron chi connectivity index (χ2n) is 5.13. The molecule has 0 bridgehead atoms. The number of carbonyl (C=O) groups excluding carboxylic acids is 1. The Hall–Kier alpha value is -1.88. The fourth-order valence-electron chi connectivity index (χ4n) is 2.40. The van der Waals surface area contributed by atoms with Crippen LogP contribution in [0.4, 0.5) is 0 Å². The molecule has 0 spiro atoms. The molecule has 0 aromatic heterocycles. The lowest BCUT2D eigenvalue weighted by molar-refractivity contribution is -0.137. The van der Waals surface area contributed by atoms with Gasteiger partial charge in [0.25, 0.3) is 5.91 Å². The highest BCUT2D eigenvalue weighted by atomic mass is 16.4. The molecule has 5 nitrogen and oxygen atoms in total. The molecule has 1 heterocycles. The van der Waals surface area contributed by atoms with Gasteiger partial charge in [-0.05, 0) is 42.6 Å². The van der Waals surface area contributed by atoms with Crippen LogP contribution in [0.15, 0.2) is 18.2 Å². The van der Waals surface area contributed by atoms with Gasteiger partial charge in [0, 0.05) is 32.1 Å². The quantitative estimate of drug-likeness (QED) is 0.849. The van der Waals surface area contributed by atoms with E-state index in [1.807, 2.05) is 18.2 Å². The molecule has 108 valence electrons. The predicted octanol–water partition coefficient (Wildman–Crippen LogP) is 1.27. The summed E-state index contributed by atoms with van der Waals surface area (Å²) in [6.45, 7) is 2.25. The lowest BCUT2D eigenvalue weighted by atomic mass is 9.98. The van der Waals surface area contributed by atoms with Crippen LogP contribution >= 0.6 is 0 Å². The van der Waals surface area contributed by atoms with Crippen molar-refractivity contribution in [1.82, 2.24) is 10.2 Å². The molecule has 2 N–H and O–H groups in total. The van der Waals surface area contributed by atoms with Crippen LogP contribution < -0.4 is 5.32 Å². The Morgan fingerprint density at radius 1 is 1.35 bits per heavy atom. The Kier molecular flexibility index (Phi) is 4.74. The van der Waals surface area contributed by atoms with E-state index in [-0.39, 0.29) is 12.3 Å². The van der Waals surface area contributed by atoms with Crippen LogP contribution in [0.1, 0.15) is 34.3 Å². The molecule has 0 atom stereocenters. The maximum atomic E-state index is 12.3. The van der Waals surface area contributed by atoms with Crippen LogP contribution in [0.2, 0.25) is 0 Å². The maximum absolute atomic E-state index is 12.3. The summed E-state index contributed by atoms with van der Waals surface area (Å²) in [5.41, 5.74) is 3.15. The first kappa shape index (κ1) is 14.5. The van der Waals surface area contributed by atoms with Crippen LogP contribution in [0.25, 0.3) is 0 Å². The van der Waals surface area contributed by atoms with Crippen LogP contribution in [0.3, 0.4) is 0 Å². The third-order valence-corrected chi connectivity index (χ3v) is 3.57. The first-order valence-corrected chi connectivity index (χ1v) is 6.87. The summed E-state index contributed by atoms with van der Waals surface area (Å²) in [5.74, 6) is -0.880. The van der Waals surface area contributed by atoms with Crippen molar-refractivity contribution in [3.63, 3.8) is 0 Å². The molecule has 1 aromatic carbocycles. The summed E-state index contributed by atoms with van der Waals surface area (Å²) in [4.78, 5) is 24.3. The maximum Gasteiger partial charge on any atom is 0.303 e. The SMILES string of the molecule is CN(CCCC(=O)O)C(=O)c1ccc2c(c1)CNCC2. The fraction of sp³-hybridized carbons (Fsp3) is 0.467. The molecule has 0 saturated heterocycles. The third-order valence-electron chi connectivity index (χ3n) is 3.57. The highest BCUT2D eigenvalue weighted by Crippen LogP contribution is 2.17. The van der Waals surface area contributed by atoms with Crippen molar-refractivity contribution in [2.75, 3.05) is 20.1 Å². The summed E-state index contributed by atoms with van der Waals surface area (Å²) in [7, 11) is 1.71. The number of carboxylic acid groups (broad SMARTS) is 1. The minimum atomic E-state index is -0.828. The molecule has 1 aliphatic rings. The highest BCUT2D eigenvalue weighted by Gasteiger charge is 2.15. The standard InChI is InChI=1S/C15H20N2O3/c1-17(8-2-3-14(18)19)15(20)12-5-4-11-6-7-16-10-13(11)9-12/h4-5,9,16H,2-3,6-8,10H2,1H3,(H,18,19). The van der Waals surface area contributed by atoms with Crippen molar-refractivity contribution in [1.29, 1.82) is 0 Å². The van der Waals surface area contributed by atoms with Gasteiger partial charge >= 0.3 is 5.97 Å². The number of carbonyl (C=O) groups is 2.